The summed E-state index contributed by atoms with van der Waals surface area (Å²) in [6, 6.07) is 4.54. The third-order valence-corrected chi connectivity index (χ3v) is 12.2. The molecule has 3 aliphatic heterocycles. The molecule has 15 nitrogen and oxygen atoms in total. The van der Waals surface area contributed by atoms with Crippen LogP contribution in [0, 0.1) is 5.92 Å². The van der Waals surface area contributed by atoms with Gasteiger partial charge in [0, 0.05) is 37.2 Å². The van der Waals surface area contributed by atoms with Crippen molar-refractivity contribution in [2.24, 2.45) is 16.6 Å². The summed E-state index contributed by atoms with van der Waals surface area (Å²) in [6.45, 7) is 4.54. The fourth-order valence-corrected chi connectivity index (χ4v) is 9.35. The maximum Gasteiger partial charge on any atom is 0.287 e. The summed E-state index contributed by atoms with van der Waals surface area (Å²) in [5.74, 6) is -2.86. The van der Waals surface area contributed by atoms with E-state index >= 15 is 0 Å². The Morgan fingerprint density at radius 1 is 0.981 bits per heavy atom. The second-order valence-corrected chi connectivity index (χ2v) is 16.7. The largest absolute Gasteiger partial charge is 0.384 e. The van der Waals surface area contributed by atoms with Gasteiger partial charge in [-0.25, -0.2) is 9.67 Å². The third-order valence-electron chi connectivity index (χ3n) is 11.2. The maximum absolute atomic E-state index is 14.8. The van der Waals surface area contributed by atoms with E-state index in [1.807, 2.05) is 0 Å². The van der Waals surface area contributed by atoms with Gasteiger partial charge >= 0.3 is 0 Å². The molecule has 1 aromatic carbocycles. The van der Waals surface area contributed by atoms with Crippen molar-refractivity contribution < 1.29 is 33.9 Å². The summed E-state index contributed by atoms with van der Waals surface area (Å²) in [5, 5.41) is 21.9. The van der Waals surface area contributed by atoms with Gasteiger partial charge in [-0.2, -0.15) is 11.8 Å². The van der Waals surface area contributed by atoms with Crippen LogP contribution in [0.25, 0.3) is 0 Å². The molecule has 4 fully saturated rings. The zero-order valence-electron chi connectivity index (χ0n) is 31.0. The van der Waals surface area contributed by atoms with Crippen LogP contribution < -0.4 is 11.1 Å². The number of primary amides is 1. The van der Waals surface area contributed by atoms with E-state index in [0.717, 1.165) is 44.9 Å². The summed E-state index contributed by atoms with van der Waals surface area (Å²) in [5.41, 5.74) is 3.68. The molecule has 0 radical (unpaired) electrons. The van der Waals surface area contributed by atoms with Crippen molar-refractivity contribution in [1.82, 2.24) is 30.1 Å². The molecule has 16 heteroatoms. The van der Waals surface area contributed by atoms with Crippen molar-refractivity contribution in [1.29, 1.82) is 0 Å². The number of hydrogen-bond acceptors (Lipinski definition) is 10. The van der Waals surface area contributed by atoms with Gasteiger partial charge < -0.3 is 26.0 Å². The lowest BCUT2D eigenvalue weighted by Gasteiger charge is -2.37. The third kappa shape index (κ3) is 8.59. The van der Waals surface area contributed by atoms with Crippen LogP contribution in [0.4, 0.5) is 0 Å². The van der Waals surface area contributed by atoms with Crippen molar-refractivity contribution in [3.8, 4) is 0 Å². The minimum atomic E-state index is -1.51. The second kappa shape index (κ2) is 16.5. The second-order valence-electron chi connectivity index (χ2n) is 15.5. The minimum absolute atomic E-state index is 0.0147. The van der Waals surface area contributed by atoms with Crippen molar-refractivity contribution in [2.45, 2.75) is 108 Å². The molecule has 290 valence electrons. The maximum atomic E-state index is 14.8. The van der Waals surface area contributed by atoms with Gasteiger partial charge in [0.1, 0.15) is 22.9 Å². The first-order valence-electron chi connectivity index (χ1n) is 19.0. The van der Waals surface area contributed by atoms with E-state index in [4.69, 9.17) is 5.73 Å². The molecule has 6 rings (SSSR count). The normalized spacial score (nSPS) is 22.2. The molecule has 4 heterocycles. The molecule has 4 aliphatic rings. The number of ketones is 1. The SMILES string of the molecule is CC(C)(O)c1cnnn1[C@H]1C[C@@H](C(=O)NC2(C(=O)C(N)=O)CCSCC2)N(C(=O)C(CC2CCCCC2)=NC(=O)c2ccc(C(=O)N3CCCC3)cc2)C1. The van der Waals surface area contributed by atoms with Crippen molar-refractivity contribution in [2.75, 3.05) is 31.1 Å². The van der Waals surface area contributed by atoms with E-state index in [-0.39, 0.29) is 55.3 Å². The number of hydrogen-bond donors (Lipinski definition) is 3. The fraction of sp³-hybridized carbons (Fsp3) is 0.605. The summed E-state index contributed by atoms with van der Waals surface area (Å²) in [6.07, 6.45) is 8.82. The van der Waals surface area contributed by atoms with Gasteiger partial charge in [0.2, 0.25) is 11.7 Å². The number of carbonyl (C=O) groups excluding carboxylic acids is 6. The number of nitrogens with two attached hydrogens (primary N) is 1. The number of likely N-dealkylation sites (tertiary alicyclic amines) is 2. The number of nitrogens with zero attached hydrogens (tertiary/aromatic N) is 6. The summed E-state index contributed by atoms with van der Waals surface area (Å²) in [4.78, 5) is 88.7. The number of aromatic nitrogens is 3. The molecule has 1 aliphatic carbocycles. The first-order chi connectivity index (χ1) is 25.8. The van der Waals surface area contributed by atoms with Crippen LogP contribution in [-0.2, 0) is 24.8 Å². The number of thioether (sulfide) groups is 1. The van der Waals surface area contributed by atoms with Crippen LogP contribution in [0.3, 0.4) is 0 Å². The van der Waals surface area contributed by atoms with Gasteiger partial charge in [0.15, 0.2) is 0 Å². The quantitative estimate of drug-likeness (QED) is 0.225. The Labute approximate surface area is 318 Å². The number of rotatable bonds is 11. The monoisotopic (exact) mass is 762 g/mol. The Kier molecular flexibility index (Phi) is 12.0. The number of amides is 5. The summed E-state index contributed by atoms with van der Waals surface area (Å²) in [7, 11) is 0. The highest BCUT2D eigenvalue weighted by molar-refractivity contribution is 7.99. The molecule has 2 aromatic rings. The van der Waals surface area contributed by atoms with Gasteiger partial charge in [-0.1, -0.05) is 37.3 Å². The Balaban J connectivity index is 1.33. The molecule has 2 atom stereocenters. The lowest BCUT2D eigenvalue weighted by molar-refractivity contribution is -0.143. The minimum Gasteiger partial charge on any atom is -0.384 e. The average molecular weight is 763 g/mol. The number of aliphatic imine (C=N–C) groups is 1. The number of Topliss-reactive ketones (excluding diaryl/α,β-unsaturated/α-hetero) is 1. The molecule has 5 amide bonds. The van der Waals surface area contributed by atoms with Crippen LogP contribution in [0.2, 0.25) is 0 Å². The molecule has 0 bridgehead atoms. The highest BCUT2D eigenvalue weighted by Gasteiger charge is 2.49. The van der Waals surface area contributed by atoms with Gasteiger partial charge in [0.05, 0.1) is 17.9 Å². The van der Waals surface area contributed by atoms with Gasteiger partial charge in [-0.05, 0) is 87.6 Å². The molecule has 3 saturated heterocycles. The van der Waals surface area contributed by atoms with E-state index in [2.05, 4.69) is 20.6 Å². The fourth-order valence-electron chi connectivity index (χ4n) is 8.16. The van der Waals surface area contributed by atoms with Crippen LogP contribution in [0.15, 0.2) is 35.5 Å². The Morgan fingerprint density at radius 2 is 1.63 bits per heavy atom. The standard InChI is InChI=1S/C38H50N8O7S/c1-37(2,53)30-22-40-43-46(30)27-21-29(34(50)42-38(31(47)32(39)48)14-18-54-19-15-38)45(23-27)36(52)28(20-24-8-4-3-5-9-24)41-33(49)25-10-12-26(13-11-25)35(51)44-16-6-7-17-44/h10-13,22,24,27,29,53H,3-9,14-21,23H2,1-2H3,(H2,39,48)(H,42,50)/t27-,29-/m0/s1. The Hall–Kier alpha value is -4.44. The number of carbonyl (C=O) groups is 6. The van der Waals surface area contributed by atoms with Gasteiger partial charge in [-0.3, -0.25) is 28.8 Å². The number of nitrogens with one attached hydrogen (secondary N) is 1. The van der Waals surface area contributed by atoms with Crippen molar-refractivity contribution >= 4 is 52.8 Å². The summed E-state index contributed by atoms with van der Waals surface area (Å²) >= 11 is 1.60. The van der Waals surface area contributed by atoms with Crippen LogP contribution in [-0.4, -0.2) is 114 Å². The lowest BCUT2D eigenvalue weighted by atomic mass is 9.85. The number of benzene rings is 1. The van der Waals surface area contributed by atoms with Crippen molar-refractivity contribution in [3.05, 3.63) is 47.3 Å². The summed E-state index contributed by atoms with van der Waals surface area (Å²) < 4.78 is 1.50. The molecular formula is C38H50N8O7S. The molecule has 1 saturated carbocycles. The van der Waals surface area contributed by atoms with Crippen LogP contribution in [0.5, 0.6) is 0 Å². The molecule has 1 aromatic heterocycles. The predicted octanol–water partition coefficient (Wildman–Crippen LogP) is 2.57. The van der Waals surface area contributed by atoms with Crippen LogP contribution in [0.1, 0.15) is 117 Å². The number of aliphatic hydroxyl groups is 1. The Morgan fingerprint density at radius 3 is 2.26 bits per heavy atom. The smallest absolute Gasteiger partial charge is 0.287 e. The molecule has 4 N–H and O–H groups in total. The lowest BCUT2D eigenvalue weighted by Crippen LogP contribution is -2.63. The van der Waals surface area contributed by atoms with E-state index in [9.17, 15) is 33.9 Å². The van der Waals surface area contributed by atoms with E-state index < -0.39 is 52.6 Å². The topological polar surface area (TPSA) is 210 Å². The van der Waals surface area contributed by atoms with Gasteiger partial charge in [-0.15, -0.1) is 5.10 Å². The predicted molar refractivity (Wildman–Crippen MR) is 201 cm³/mol. The Bertz CT molecular complexity index is 1780. The highest BCUT2D eigenvalue weighted by Crippen LogP contribution is 2.35. The molecule has 0 spiro atoms. The average Bonchev–Trinajstić information content (AvgIpc) is 3.96. The zero-order valence-corrected chi connectivity index (χ0v) is 31.8. The van der Waals surface area contributed by atoms with Crippen LogP contribution >= 0.6 is 11.8 Å². The highest BCUT2D eigenvalue weighted by atomic mass is 32.2. The van der Waals surface area contributed by atoms with E-state index in [1.165, 1.54) is 15.8 Å². The van der Waals surface area contributed by atoms with Gasteiger partial charge in [0.25, 0.3) is 23.6 Å². The van der Waals surface area contributed by atoms with E-state index in [1.54, 1.807) is 54.8 Å². The molecular weight excluding hydrogens is 713 g/mol. The zero-order chi connectivity index (χ0) is 38.6. The molecule has 0 unspecified atom stereocenters. The first kappa shape index (κ1) is 39.3. The van der Waals surface area contributed by atoms with E-state index in [0.29, 0.717) is 35.9 Å². The molecule has 54 heavy (non-hydrogen) atoms. The first-order valence-corrected chi connectivity index (χ1v) is 20.1. The van der Waals surface area contributed by atoms with Crippen molar-refractivity contribution in [3.63, 3.8) is 0 Å².